The van der Waals surface area contributed by atoms with E-state index in [4.69, 9.17) is 0 Å². The first-order valence-corrected chi connectivity index (χ1v) is 9.87. The molecule has 25 heavy (non-hydrogen) atoms. The molecule has 0 fully saturated rings. The average molecular weight is 384 g/mol. The fourth-order valence-electron chi connectivity index (χ4n) is 2.27. The zero-order valence-electron chi connectivity index (χ0n) is 14.4. The van der Waals surface area contributed by atoms with Crippen molar-refractivity contribution in [1.29, 1.82) is 0 Å². The van der Waals surface area contributed by atoms with Crippen molar-refractivity contribution in [1.82, 2.24) is 4.57 Å². The van der Waals surface area contributed by atoms with Crippen molar-refractivity contribution in [2.75, 3.05) is 4.72 Å². The predicted molar refractivity (Wildman–Crippen MR) is 97.2 cm³/mol. The lowest BCUT2D eigenvalue weighted by Crippen LogP contribution is -2.26. The Labute approximate surface area is 150 Å². The van der Waals surface area contributed by atoms with Crippen LogP contribution in [0.4, 0.5) is 5.69 Å². The molecule has 7 nitrogen and oxygen atoms in total. The molecule has 0 unspecified atom stereocenters. The molecule has 0 radical (unpaired) electrons. The van der Waals surface area contributed by atoms with E-state index in [0.717, 1.165) is 17.4 Å². The zero-order chi connectivity index (χ0) is 19.0. The number of carbonyl (C=O) groups is 1. The molecular formula is C16H20N2O5S2. The average Bonchev–Trinajstić information content (AvgIpc) is 2.96. The number of carboxylic acids is 1. The normalized spacial score (nSPS) is 12.2. The summed E-state index contributed by atoms with van der Waals surface area (Å²) in [5.41, 5.74) is -1.10. The molecule has 0 aliphatic rings. The molecule has 0 amide bonds. The van der Waals surface area contributed by atoms with Crippen LogP contribution in [0.2, 0.25) is 0 Å². The first kappa shape index (κ1) is 19.2. The summed E-state index contributed by atoms with van der Waals surface area (Å²) in [6, 6.07) is 4.09. The molecule has 136 valence electrons. The molecule has 0 aliphatic carbocycles. The van der Waals surface area contributed by atoms with E-state index in [1.165, 1.54) is 10.6 Å². The third-order valence-corrected chi connectivity index (χ3v) is 6.55. The molecular weight excluding hydrogens is 364 g/mol. The van der Waals surface area contributed by atoms with Gasteiger partial charge in [0.1, 0.15) is 15.5 Å². The van der Waals surface area contributed by atoms with Crippen LogP contribution >= 0.6 is 11.3 Å². The minimum Gasteiger partial charge on any atom is -0.477 e. The molecule has 2 N–H and O–H groups in total. The molecule has 0 aromatic carbocycles. The number of hydrogen-bond acceptors (Lipinski definition) is 5. The molecule has 2 aromatic rings. The number of aromatic nitrogens is 1. The van der Waals surface area contributed by atoms with Crippen molar-refractivity contribution in [3.63, 3.8) is 0 Å². The topological polar surface area (TPSA) is 105 Å². The highest BCUT2D eigenvalue weighted by molar-refractivity contribution is 7.93. The number of aromatic carboxylic acids is 1. The highest BCUT2D eigenvalue weighted by Crippen LogP contribution is 2.37. The minimum absolute atomic E-state index is 0.0654. The number of anilines is 1. The lowest BCUT2D eigenvalue weighted by atomic mass is 9.95. The lowest BCUT2D eigenvalue weighted by Gasteiger charge is -2.19. The third-order valence-electron chi connectivity index (χ3n) is 3.48. The number of carboxylic acid groups (broad SMARTS) is 1. The van der Waals surface area contributed by atoms with Crippen molar-refractivity contribution < 1.29 is 18.3 Å². The molecule has 9 heteroatoms. The summed E-state index contributed by atoms with van der Waals surface area (Å²) in [5.74, 6) is -1.19. The monoisotopic (exact) mass is 384 g/mol. The predicted octanol–water partition coefficient (Wildman–Crippen LogP) is 2.73. The van der Waals surface area contributed by atoms with Gasteiger partial charge in [-0.1, -0.05) is 20.8 Å². The maximum Gasteiger partial charge on any atom is 0.345 e. The Hall–Kier alpha value is -2.13. The maximum absolute atomic E-state index is 12.8. The van der Waals surface area contributed by atoms with Crippen molar-refractivity contribution in [2.24, 2.45) is 0 Å². The zero-order valence-corrected chi connectivity index (χ0v) is 16.0. The van der Waals surface area contributed by atoms with E-state index in [9.17, 15) is 23.1 Å². The van der Waals surface area contributed by atoms with Crippen molar-refractivity contribution >= 4 is 33.0 Å². The molecule has 0 bridgehead atoms. The van der Waals surface area contributed by atoms with Gasteiger partial charge in [0, 0.05) is 17.6 Å². The van der Waals surface area contributed by atoms with Crippen LogP contribution in [-0.2, 0) is 22.0 Å². The second kappa shape index (κ2) is 6.64. The number of nitrogens with one attached hydrogen (secondary N) is 1. The molecule has 2 aromatic heterocycles. The van der Waals surface area contributed by atoms with Crippen LogP contribution in [0, 0.1) is 0 Å². The van der Waals surface area contributed by atoms with E-state index < -0.39 is 27.0 Å². The van der Waals surface area contributed by atoms with Gasteiger partial charge in [-0.2, -0.15) is 0 Å². The lowest BCUT2D eigenvalue weighted by molar-refractivity contribution is 0.0702. The standard InChI is InChI=1S/C16H20N2O5S2/c1-5-18-8-6-7-10(14(18)19)17-25(22,23)12-9-11(15(20)21)24-13(12)16(2,3)4/h6-9,17H,5H2,1-4H3,(H,20,21). The number of pyridine rings is 1. The van der Waals surface area contributed by atoms with E-state index in [1.807, 2.05) is 0 Å². The van der Waals surface area contributed by atoms with Crippen molar-refractivity contribution in [3.05, 3.63) is 44.5 Å². The highest BCUT2D eigenvalue weighted by atomic mass is 32.2. The Kier molecular flexibility index (Phi) is 5.10. The first-order valence-electron chi connectivity index (χ1n) is 7.57. The van der Waals surface area contributed by atoms with E-state index in [-0.39, 0.29) is 15.5 Å². The Balaban J connectivity index is 2.58. The van der Waals surface area contributed by atoms with Gasteiger partial charge in [0.25, 0.3) is 15.6 Å². The summed E-state index contributed by atoms with van der Waals surface area (Å²) < 4.78 is 29.3. The number of thiophene rings is 1. The second-order valence-corrected chi connectivity index (χ2v) is 9.18. The van der Waals surface area contributed by atoms with Crippen LogP contribution in [0.25, 0.3) is 0 Å². The second-order valence-electron chi connectivity index (χ2n) is 6.48. The largest absolute Gasteiger partial charge is 0.477 e. The summed E-state index contributed by atoms with van der Waals surface area (Å²) in [6.07, 6.45) is 1.56. The fraction of sp³-hybridized carbons (Fsp3) is 0.375. The van der Waals surface area contributed by atoms with Gasteiger partial charge in [0.15, 0.2) is 0 Å². The van der Waals surface area contributed by atoms with Crippen molar-refractivity contribution in [2.45, 2.75) is 44.6 Å². The molecule has 0 atom stereocenters. The Morgan fingerprint density at radius 1 is 1.36 bits per heavy atom. The SMILES string of the molecule is CCn1cccc(NS(=O)(=O)c2cc(C(=O)O)sc2C(C)(C)C)c1=O. The van der Waals surface area contributed by atoms with Gasteiger partial charge >= 0.3 is 5.97 Å². The maximum atomic E-state index is 12.8. The number of rotatable bonds is 5. The molecule has 0 saturated carbocycles. The van der Waals surface area contributed by atoms with Crippen LogP contribution in [0.3, 0.4) is 0 Å². The van der Waals surface area contributed by atoms with E-state index in [0.29, 0.717) is 11.4 Å². The number of sulfonamides is 1. The van der Waals surface area contributed by atoms with Crippen LogP contribution < -0.4 is 10.3 Å². The van der Waals surface area contributed by atoms with Gasteiger partial charge in [-0.05, 0) is 30.5 Å². The molecule has 2 heterocycles. The van der Waals surface area contributed by atoms with Crippen LogP contribution in [0.15, 0.2) is 34.1 Å². The van der Waals surface area contributed by atoms with Gasteiger partial charge in [-0.25, -0.2) is 13.2 Å². The minimum atomic E-state index is -4.10. The molecule has 0 aliphatic heterocycles. The Morgan fingerprint density at radius 2 is 2.00 bits per heavy atom. The fourth-order valence-corrected chi connectivity index (χ4v) is 5.12. The highest BCUT2D eigenvalue weighted by Gasteiger charge is 2.31. The van der Waals surface area contributed by atoms with Gasteiger partial charge in [0.05, 0.1) is 0 Å². The number of hydrogen-bond donors (Lipinski definition) is 2. The van der Waals surface area contributed by atoms with Crippen LogP contribution in [-0.4, -0.2) is 24.1 Å². The summed E-state index contributed by atoms with van der Waals surface area (Å²) in [5, 5.41) is 9.20. The number of aryl methyl sites for hydroxylation is 1. The quantitative estimate of drug-likeness (QED) is 0.824. The van der Waals surface area contributed by atoms with Crippen LogP contribution in [0.5, 0.6) is 0 Å². The Bertz CT molecular complexity index is 965. The molecule has 0 spiro atoms. The van der Waals surface area contributed by atoms with Crippen LogP contribution in [0.1, 0.15) is 42.2 Å². The van der Waals surface area contributed by atoms with E-state index in [1.54, 1.807) is 40.0 Å². The van der Waals surface area contributed by atoms with Gasteiger partial charge in [-0.15, -0.1) is 11.3 Å². The molecule has 2 rings (SSSR count). The summed E-state index contributed by atoms with van der Waals surface area (Å²) in [4.78, 5) is 23.7. The Morgan fingerprint density at radius 3 is 2.52 bits per heavy atom. The third kappa shape index (κ3) is 3.93. The summed E-state index contributed by atoms with van der Waals surface area (Å²) in [7, 11) is -4.10. The summed E-state index contributed by atoms with van der Waals surface area (Å²) >= 11 is 0.922. The van der Waals surface area contributed by atoms with E-state index in [2.05, 4.69) is 4.72 Å². The van der Waals surface area contributed by atoms with Gasteiger partial charge in [0.2, 0.25) is 0 Å². The summed E-state index contributed by atoms with van der Waals surface area (Å²) in [6.45, 7) is 7.58. The molecule has 0 saturated heterocycles. The van der Waals surface area contributed by atoms with Gasteiger partial charge < -0.3 is 9.67 Å². The smallest absolute Gasteiger partial charge is 0.345 e. The van der Waals surface area contributed by atoms with E-state index >= 15 is 0 Å². The first-order chi connectivity index (χ1) is 11.5. The van der Waals surface area contributed by atoms with Gasteiger partial charge in [-0.3, -0.25) is 9.52 Å². The number of nitrogens with zero attached hydrogens (tertiary/aromatic N) is 1. The van der Waals surface area contributed by atoms with Crippen molar-refractivity contribution in [3.8, 4) is 0 Å².